The van der Waals surface area contributed by atoms with Gasteiger partial charge in [0.2, 0.25) is 10.0 Å². The normalized spacial score (nSPS) is 11.8. The molecular weight excluding hydrogens is 506 g/mol. The summed E-state index contributed by atoms with van der Waals surface area (Å²) in [6, 6.07) is 1.55. The van der Waals surface area contributed by atoms with Gasteiger partial charge in [-0.05, 0) is 76.2 Å². The maximum Gasteiger partial charge on any atom is 0.241 e. The van der Waals surface area contributed by atoms with Crippen LogP contribution in [0.3, 0.4) is 0 Å². The molecule has 0 saturated heterocycles. The topological polar surface area (TPSA) is 46.2 Å². The Morgan fingerprint density at radius 3 is 2.24 bits per heavy atom. The number of benzene rings is 1. The first-order valence-electron chi connectivity index (χ1n) is 4.64. The summed E-state index contributed by atoms with van der Waals surface area (Å²) in [5, 5.41) is 0. The zero-order chi connectivity index (χ0) is 13.2. The molecule has 0 bridgehead atoms. The van der Waals surface area contributed by atoms with Crippen LogP contribution in [0.4, 0.5) is 0 Å². The Hall–Kier alpha value is 1.05. The monoisotopic (exact) mass is 511 g/mol. The SMILES string of the molecule is CCCNS(=O)(=O)c1cc(Br)c(Br)c(Br)c1Br. The largest absolute Gasteiger partial charge is 0.241 e. The highest BCUT2D eigenvalue weighted by atomic mass is 79.9. The van der Waals surface area contributed by atoms with E-state index in [0.717, 1.165) is 10.9 Å². The van der Waals surface area contributed by atoms with Crippen molar-refractivity contribution >= 4 is 73.7 Å². The highest BCUT2D eigenvalue weighted by Crippen LogP contribution is 2.40. The molecule has 0 amide bonds. The van der Waals surface area contributed by atoms with Gasteiger partial charge in [-0.2, -0.15) is 0 Å². The van der Waals surface area contributed by atoms with E-state index in [4.69, 9.17) is 0 Å². The fourth-order valence-electron chi connectivity index (χ4n) is 1.06. The Bertz CT molecular complexity index is 530. The third kappa shape index (κ3) is 3.76. The van der Waals surface area contributed by atoms with E-state index in [1.165, 1.54) is 0 Å². The van der Waals surface area contributed by atoms with Crippen LogP contribution in [0.5, 0.6) is 0 Å². The van der Waals surface area contributed by atoms with E-state index in [0.29, 0.717) is 20.0 Å². The molecule has 1 N–H and O–H groups in total. The molecule has 0 unspecified atom stereocenters. The molecule has 0 heterocycles. The highest BCUT2D eigenvalue weighted by Gasteiger charge is 2.21. The third-order valence-corrected chi connectivity index (χ3v) is 8.31. The van der Waals surface area contributed by atoms with Crippen molar-refractivity contribution in [1.82, 2.24) is 4.72 Å². The summed E-state index contributed by atoms with van der Waals surface area (Å²) in [5.74, 6) is 0. The van der Waals surface area contributed by atoms with Crippen LogP contribution in [-0.4, -0.2) is 15.0 Å². The van der Waals surface area contributed by atoms with Gasteiger partial charge in [-0.1, -0.05) is 6.92 Å². The van der Waals surface area contributed by atoms with Gasteiger partial charge in [-0.25, -0.2) is 13.1 Å². The first-order valence-corrected chi connectivity index (χ1v) is 9.29. The predicted octanol–water partition coefficient (Wildman–Crippen LogP) is 4.42. The molecular formula is C9H9Br4NO2S. The van der Waals surface area contributed by atoms with Crippen LogP contribution < -0.4 is 4.72 Å². The molecule has 0 saturated carbocycles. The summed E-state index contributed by atoms with van der Waals surface area (Å²) in [4.78, 5) is 0.202. The van der Waals surface area contributed by atoms with Crippen molar-refractivity contribution in [3.8, 4) is 0 Å². The molecule has 0 aliphatic heterocycles. The van der Waals surface area contributed by atoms with Crippen LogP contribution in [-0.2, 0) is 10.0 Å². The molecule has 8 heteroatoms. The van der Waals surface area contributed by atoms with Crippen LogP contribution in [0.25, 0.3) is 0 Å². The maximum atomic E-state index is 12.0. The van der Waals surface area contributed by atoms with Gasteiger partial charge in [-0.3, -0.25) is 0 Å². The summed E-state index contributed by atoms with van der Waals surface area (Å²) in [6.45, 7) is 2.32. The van der Waals surface area contributed by atoms with Gasteiger partial charge in [0.15, 0.2) is 0 Å². The third-order valence-electron chi connectivity index (χ3n) is 1.90. The lowest BCUT2D eigenvalue weighted by Crippen LogP contribution is -2.24. The molecule has 0 radical (unpaired) electrons. The molecule has 0 fully saturated rings. The van der Waals surface area contributed by atoms with E-state index in [2.05, 4.69) is 68.4 Å². The lowest BCUT2D eigenvalue weighted by Gasteiger charge is -2.11. The zero-order valence-electron chi connectivity index (χ0n) is 8.73. The van der Waals surface area contributed by atoms with Gasteiger partial charge in [0.1, 0.15) is 0 Å². The van der Waals surface area contributed by atoms with E-state index in [-0.39, 0.29) is 4.90 Å². The maximum absolute atomic E-state index is 12.0. The Morgan fingerprint density at radius 2 is 1.71 bits per heavy atom. The van der Waals surface area contributed by atoms with E-state index < -0.39 is 10.0 Å². The molecule has 1 aromatic carbocycles. The van der Waals surface area contributed by atoms with Crippen molar-refractivity contribution < 1.29 is 8.42 Å². The van der Waals surface area contributed by atoms with Crippen molar-refractivity contribution in [3.05, 3.63) is 24.0 Å². The minimum atomic E-state index is -3.49. The second kappa shape index (κ2) is 6.47. The number of sulfonamides is 1. The van der Waals surface area contributed by atoms with Crippen LogP contribution in [0.2, 0.25) is 0 Å². The molecule has 0 aliphatic rings. The quantitative estimate of drug-likeness (QED) is 0.477. The Kier molecular flexibility index (Phi) is 6.13. The minimum Gasteiger partial charge on any atom is -0.211 e. The molecule has 0 spiro atoms. The Morgan fingerprint density at radius 1 is 1.12 bits per heavy atom. The van der Waals surface area contributed by atoms with Crippen LogP contribution in [0.1, 0.15) is 13.3 Å². The molecule has 0 aliphatic carbocycles. The van der Waals surface area contributed by atoms with Crippen molar-refractivity contribution in [1.29, 1.82) is 0 Å². The first-order chi connectivity index (χ1) is 7.81. The van der Waals surface area contributed by atoms with E-state index in [1.807, 2.05) is 6.92 Å². The Balaban J connectivity index is 3.33. The summed E-state index contributed by atoms with van der Waals surface area (Å²) < 4.78 is 29.2. The summed E-state index contributed by atoms with van der Waals surface area (Å²) in [6.07, 6.45) is 0.746. The summed E-state index contributed by atoms with van der Waals surface area (Å²) in [7, 11) is -3.49. The Labute approximate surface area is 134 Å². The smallest absolute Gasteiger partial charge is 0.211 e. The molecule has 3 nitrogen and oxygen atoms in total. The predicted molar refractivity (Wildman–Crippen MR) is 82.7 cm³/mol. The van der Waals surface area contributed by atoms with Crippen molar-refractivity contribution in [2.45, 2.75) is 18.2 Å². The molecule has 1 rings (SSSR count). The number of hydrogen-bond acceptors (Lipinski definition) is 2. The second-order valence-electron chi connectivity index (χ2n) is 3.20. The average Bonchev–Trinajstić information content (AvgIpc) is 2.28. The van der Waals surface area contributed by atoms with Crippen molar-refractivity contribution in [2.24, 2.45) is 0 Å². The van der Waals surface area contributed by atoms with Gasteiger partial charge < -0.3 is 0 Å². The van der Waals surface area contributed by atoms with Gasteiger partial charge in [0.05, 0.1) is 9.37 Å². The molecule has 96 valence electrons. The molecule has 17 heavy (non-hydrogen) atoms. The van der Waals surface area contributed by atoms with Gasteiger partial charge >= 0.3 is 0 Å². The first kappa shape index (κ1) is 16.1. The van der Waals surface area contributed by atoms with Crippen LogP contribution >= 0.6 is 63.7 Å². The highest BCUT2D eigenvalue weighted by molar-refractivity contribution is 9.15. The zero-order valence-corrected chi connectivity index (χ0v) is 15.9. The summed E-state index contributed by atoms with van der Waals surface area (Å²) in [5.41, 5.74) is 0. The van der Waals surface area contributed by atoms with E-state index >= 15 is 0 Å². The van der Waals surface area contributed by atoms with E-state index in [9.17, 15) is 8.42 Å². The van der Waals surface area contributed by atoms with E-state index in [1.54, 1.807) is 6.07 Å². The standard InChI is InChI=1S/C9H9Br4NO2S/c1-2-3-14-17(15,16)6-4-5(10)7(11)9(13)8(6)12/h4,14H,2-3H2,1H3. The van der Waals surface area contributed by atoms with Crippen LogP contribution in [0, 0.1) is 0 Å². The van der Waals surface area contributed by atoms with Gasteiger partial charge in [0, 0.05) is 20.0 Å². The fraction of sp³-hybridized carbons (Fsp3) is 0.333. The summed E-state index contributed by atoms with van der Waals surface area (Å²) >= 11 is 13.2. The minimum absolute atomic E-state index is 0.202. The van der Waals surface area contributed by atoms with Crippen molar-refractivity contribution in [3.63, 3.8) is 0 Å². The number of halogens is 4. The fourth-order valence-corrected chi connectivity index (χ4v) is 5.23. The lowest BCUT2D eigenvalue weighted by molar-refractivity contribution is 0.580. The van der Waals surface area contributed by atoms with Gasteiger partial charge in [-0.15, -0.1) is 0 Å². The number of hydrogen-bond donors (Lipinski definition) is 1. The number of nitrogens with one attached hydrogen (secondary N) is 1. The van der Waals surface area contributed by atoms with Crippen LogP contribution in [0.15, 0.2) is 28.9 Å². The molecule has 0 aromatic heterocycles. The molecule has 0 atom stereocenters. The second-order valence-corrected chi connectivity index (χ2v) is 8.16. The average molecular weight is 515 g/mol. The van der Waals surface area contributed by atoms with Crippen molar-refractivity contribution in [2.75, 3.05) is 6.54 Å². The number of rotatable bonds is 4. The lowest BCUT2D eigenvalue weighted by atomic mass is 10.4. The van der Waals surface area contributed by atoms with Gasteiger partial charge in [0.25, 0.3) is 0 Å². The molecule has 1 aromatic rings.